The summed E-state index contributed by atoms with van der Waals surface area (Å²) in [4.78, 5) is 30.1. The normalized spacial score (nSPS) is 13.3. The largest absolute Gasteiger partial charge is 0.351 e. The lowest BCUT2D eigenvalue weighted by molar-refractivity contribution is -0.115. The number of anilines is 3. The Kier molecular flexibility index (Phi) is 3.78. The summed E-state index contributed by atoms with van der Waals surface area (Å²) in [7, 11) is 0. The van der Waals surface area contributed by atoms with Gasteiger partial charge in [0.15, 0.2) is 0 Å². The Morgan fingerprint density at radius 3 is 2.96 bits per heavy atom. The van der Waals surface area contributed by atoms with Gasteiger partial charge >= 0.3 is 0 Å². The first kappa shape index (κ1) is 15.1. The van der Waals surface area contributed by atoms with Crippen LogP contribution in [-0.4, -0.2) is 29.9 Å². The number of nitrogens with zero attached hydrogens (tertiary/aromatic N) is 2. The van der Waals surface area contributed by atoms with E-state index in [4.69, 9.17) is 0 Å². The number of carbonyl (C=O) groups is 2. The van der Waals surface area contributed by atoms with Crippen molar-refractivity contribution in [2.45, 2.75) is 0 Å². The summed E-state index contributed by atoms with van der Waals surface area (Å²) in [6.07, 6.45) is 3.50. The van der Waals surface area contributed by atoms with Crippen LogP contribution in [-0.2, 0) is 9.59 Å². The number of rotatable bonds is 3. The second-order valence-electron chi connectivity index (χ2n) is 5.91. The molecule has 3 aromatic rings. The molecule has 0 spiro atoms. The monoisotopic (exact) mass is 332 g/mol. The van der Waals surface area contributed by atoms with Crippen LogP contribution in [0.2, 0.25) is 0 Å². The average molecular weight is 332 g/mol. The first-order valence-corrected chi connectivity index (χ1v) is 7.96. The topological polar surface area (TPSA) is 74.3 Å². The Hall–Kier alpha value is -3.41. The second kappa shape index (κ2) is 6.24. The van der Waals surface area contributed by atoms with Crippen LogP contribution in [0, 0.1) is 0 Å². The predicted molar refractivity (Wildman–Crippen MR) is 97.7 cm³/mol. The number of hydrogen-bond acceptors (Lipinski definition) is 4. The number of benzene rings is 2. The van der Waals surface area contributed by atoms with Crippen LogP contribution in [0.3, 0.4) is 0 Å². The first-order valence-electron chi connectivity index (χ1n) is 7.96. The number of pyridine rings is 1. The molecule has 25 heavy (non-hydrogen) atoms. The van der Waals surface area contributed by atoms with Crippen LogP contribution < -0.4 is 15.5 Å². The Labute approximate surface area is 144 Å². The molecule has 2 heterocycles. The minimum atomic E-state index is -0.169. The fourth-order valence-electron chi connectivity index (χ4n) is 2.98. The predicted octanol–water partition coefficient (Wildman–Crippen LogP) is 2.63. The molecule has 1 aromatic heterocycles. The molecule has 2 aromatic carbocycles. The van der Waals surface area contributed by atoms with Crippen molar-refractivity contribution < 1.29 is 9.59 Å². The Bertz CT molecular complexity index is 970. The summed E-state index contributed by atoms with van der Waals surface area (Å²) < 4.78 is 0. The van der Waals surface area contributed by atoms with Gasteiger partial charge in [0.25, 0.3) is 0 Å². The molecule has 0 unspecified atom stereocenters. The molecule has 0 saturated heterocycles. The third-order valence-electron chi connectivity index (χ3n) is 4.11. The maximum Gasteiger partial charge on any atom is 0.243 e. The van der Waals surface area contributed by atoms with E-state index in [-0.39, 0.29) is 24.9 Å². The van der Waals surface area contributed by atoms with E-state index in [1.807, 2.05) is 48.5 Å². The van der Waals surface area contributed by atoms with Gasteiger partial charge in [-0.2, -0.15) is 0 Å². The minimum Gasteiger partial charge on any atom is -0.351 e. The highest BCUT2D eigenvalue weighted by Crippen LogP contribution is 2.28. The molecule has 4 rings (SSSR count). The van der Waals surface area contributed by atoms with Crippen molar-refractivity contribution in [2.24, 2.45) is 0 Å². The Morgan fingerprint density at radius 2 is 2.04 bits per heavy atom. The maximum absolute atomic E-state index is 12.4. The van der Waals surface area contributed by atoms with Gasteiger partial charge in [0, 0.05) is 23.5 Å². The Balaban J connectivity index is 1.51. The van der Waals surface area contributed by atoms with Crippen molar-refractivity contribution >= 4 is 39.6 Å². The van der Waals surface area contributed by atoms with Gasteiger partial charge in [0.1, 0.15) is 0 Å². The molecule has 2 N–H and O–H groups in total. The maximum atomic E-state index is 12.4. The van der Waals surface area contributed by atoms with Gasteiger partial charge < -0.3 is 15.5 Å². The quantitative estimate of drug-likeness (QED) is 0.773. The lowest BCUT2D eigenvalue weighted by Gasteiger charge is -2.30. The number of nitrogens with one attached hydrogen (secondary N) is 2. The van der Waals surface area contributed by atoms with E-state index in [2.05, 4.69) is 15.6 Å². The average Bonchev–Trinajstić information content (AvgIpc) is 2.61. The van der Waals surface area contributed by atoms with Crippen molar-refractivity contribution in [3.05, 3.63) is 60.9 Å². The van der Waals surface area contributed by atoms with Gasteiger partial charge in [-0.15, -0.1) is 0 Å². The van der Waals surface area contributed by atoms with E-state index in [9.17, 15) is 9.59 Å². The van der Waals surface area contributed by atoms with Crippen molar-refractivity contribution in [3.8, 4) is 0 Å². The van der Waals surface area contributed by atoms with E-state index >= 15 is 0 Å². The van der Waals surface area contributed by atoms with E-state index in [0.717, 1.165) is 27.8 Å². The van der Waals surface area contributed by atoms with E-state index in [1.54, 1.807) is 17.3 Å². The zero-order valence-corrected chi connectivity index (χ0v) is 13.4. The van der Waals surface area contributed by atoms with Crippen LogP contribution >= 0.6 is 0 Å². The third-order valence-corrected chi connectivity index (χ3v) is 4.11. The number of aromatic nitrogens is 1. The molecule has 0 saturated carbocycles. The number of amides is 2. The van der Waals surface area contributed by atoms with Gasteiger partial charge in [-0.3, -0.25) is 14.6 Å². The van der Waals surface area contributed by atoms with Crippen LogP contribution in [0.1, 0.15) is 0 Å². The summed E-state index contributed by atoms with van der Waals surface area (Å²) in [5.74, 6) is -0.289. The molecular formula is C19H16N4O2. The molecule has 0 atom stereocenters. The zero-order valence-electron chi connectivity index (χ0n) is 13.4. The molecule has 124 valence electrons. The molecule has 6 nitrogen and oxygen atoms in total. The molecule has 6 heteroatoms. The summed E-state index contributed by atoms with van der Waals surface area (Å²) in [5, 5.41) is 7.73. The smallest absolute Gasteiger partial charge is 0.243 e. The minimum absolute atomic E-state index is 0.110. The number of carbonyl (C=O) groups excluding carboxylic acids is 2. The molecule has 0 fully saturated rings. The second-order valence-corrected chi connectivity index (χ2v) is 5.91. The lowest BCUT2D eigenvalue weighted by atomic mass is 10.1. The standard InChI is InChI=1S/C19H16N4O2/c24-18(21-15-6-5-14-10-20-8-7-13(14)9-15)11-23-12-19(25)22-16-3-1-2-4-17(16)23/h1-10H,11-12H2,(H,21,24)(H,22,25). The van der Waals surface area contributed by atoms with Crippen molar-refractivity contribution in [1.82, 2.24) is 4.98 Å². The van der Waals surface area contributed by atoms with Gasteiger partial charge in [-0.25, -0.2) is 0 Å². The SMILES string of the molecule is O=C(CN1CC(=O)Nc2ccccc21)Nc1ccc2cnccc2c1. The number of hydrogen-bond donors (Lipinski definition) is 2. The van der Waals surface area contributed by atoms with Crippen molar-refractivity contribution in [3.63, 3.8) is 0 Å². The van der Waals surface area contributed by atoms with E-state index in [0.29, 0.717) is 0 Å². The summed E-state index contributed by atoms with van der Waals surface area (Å²) in [6.45, 7) is 0.270. The van der Waals surface area contributed by atoms with Gasteiger partial charge in [-0.1, -0.05) is 18.2 Å². The van der Waals surface area contributed by atoms with Crippen molar-refractivity contribution in [1.29, 1.82) is 0 Å². The van der Waals surface area contributed by atoms with Crippen LogP contribution in [0.5, 0.6) is 0 Å². The highest BCUT2D eigenvalue weighted by molar-refractivity contribution is 6.04. The van der Waals surface area contributed by atoms with E-state index in [1.165, 1.54) is 0 Å². The molecule has 1 aliphatic rings. The first-order chi connectivity index (χ1) is 12.2. The number of para-hydroxylation sites is 2. The van der Waals surface area contributed by atoms with Crippen LogP contribution in [0.4, 0.5) is 17.1 Å². The molecule has 0 aliphatic carbocycles. The third kappa shape index (κ3) is 3.14. The lowest BCUT2D eigenvalue weighted by Crippen LogP contribution is -2.42. The van der Waals surface area contributed by atoms with Gasteiger partial charge in [0.2, 0.25) is 11.8 Å². The van der Waals surface area contributed by atoms with Crippen molar-refractivity contribution in [2.75, 3.05) is 28.6 Å². The highest BCUT2D eigenvalue weighted by atomic mass is 16.2. The molecule has 0 bridgehead atoms. The fraction of sp³-hybridized carbons (Fsp3) is 0.105. The van der Waals surface area contributed by atoms with E-state index < -0.39 is 0 Å². The molecular weight excluding hydrogens is 316 g/mol. The summed E-state index contributed by atoms with van der Waals surface area (Å²) in [6, 6.07) is 15.0. The van der Waals surface area contributed by atoms with Crippen LogP contribution in [0.15, 0.2) is 60.9 Å². The number of fused-ring (bicyclic) bond motifs is 2. The summed E-state index contributed by atoms with van der Waals surface area (Å²) >= 11 is 0. The molecule has 0 radical (unpaired) electrons. The highest BCUT2D eigenvalue weighted by Gasteiger charge is 2.23. The van der Waals surface area contributed by atoms with Gasteiger partial charge in [0.05, 0.1) is 24.5 Å². The summed E-state index contributed by atoms with van der Waals surface area (Å²) in [5.41, 5.74) is 2.30. The zero-order chi connectivity index (χ0) is 17.2. The fourth-order valence-corrected chi connectivity index (χ4v) is 2.98. The molecule has 1 aliphatic heterocycles. The Morgan fingerprint density at radius 1 is 1.16 bits per heavy atom. The van der Waals surface area contributed by atoms with Gasteiger partial charge in [-0.05, 0) is 35.7 Å². The van der Waals surface area contributed by atoms with Crippen LogP contribution in [0.25, 0.3) is 10.8 Å². The molecule has 2 amide bonds.